The normalized spacial score (nSPS) is 10.5. The third-order valence-corrected chi connectivity index (χ3v) is 3.90. The molecule has 2 rings (SSSR count). The van der Waals surface area contributed by atoms with Crippen LogP contribution in [0.2, 0.25) is 10.0 Å². The number of aryl methyl sites for hydroxylation is 1. The minimum Gasteiger partial charge on any atom is -0.482 e. The second-order valence-electron chi connectivity index (χ2n) is 4.20. The topological polar surface area (TPSA) is 69.0 Å². The predicted octanol–water partition coefficient (Wildman–Crippen LogP) is 3.15. The molecule has 118 valence electrons. The molecular weight excluding hydrogens is 347 g/mol. The molecule has 6 nitrogen and oxygen atoms in total. The van der Waals surface area contributed by atoms with E-state index in [1.165, 1.54) is 16.4 Å². The van der Waals surface area contributed by atoms with E-state index in [1.807, 2.05) is 6.92 Å². The summed E-state index contributed by atoms with van der Waals surface area (Å²) in [5, 5.41) is 9.39. The molecular formula is C13H14Cl2N4O2S. The zero-order chi connectivity index (χ0) is 16.1. The highest BCUT2D eigenvalue weighted by Crippen LogP contribution is 2.27. The van der Waals surface area contributed by atoms with E-state index in [-0.39, 0.29) is 12.5 Å². The second kappa shape index (κ2) is 7.71. The molecule has 0 spiro atoms. The summed E-state index contributed by atoms with van der Waals surface area (Å²) < 4.78 is 6.91. The molecule has 0 unspecified atom stereocenters. The monoisotopic (exact) mass is 360 g/mol. The van der Waals surface area contributed by atoms with E-state index in [1.54, 1.807) is 25.1 Å². The van der Waals surface area contributed by atoms with Gasteiger partial charge in [0.05, 0.1) is 5.02 Å². The number of thioether (sulfide) groups is 1. The van der Waals surface area contributed by atoms with Gasteiger partial charge in [-0.25, -0.2) is 4.68 Å². The molecule has 1 amide bonds. The number of hydrogen-bond donors (Lipinski definition) is 1. The van der Waals surface area contributed by atoms with Crippen molar-refractivity contribution in [1.29, 1.82) is 0 Å². The van der Waals surface area contributed by atoms with Gasteiger partial charge in [-0.1, -0.05) is 41.9 Å². The molecule has 0 aliphatic rings. The van der Waals surface area contributed by atoms with Gasteiger partial charge < -0.3 is 4.74 Å². The van der Waals surface area contributed by atoms with E-state index in [0.29, 0.717) is 26.8 Å². The van der Waals surface area contributed by atoms with Crippen LogP contribution >= 0.6 is 35.0 Å². The van der Waals surface area contributed by atoms with Crippen LogP contribution in [0.5, 0.6) is 5.75 Å². The van der Waals surface area contributed by atoms with Crippen LogP contribution in [0.15, 0.2) is 23.4 Å². The quantitative estimate of drug-likeness (QED) is 0.801. The highest BCUT2D eigenvalue weighted by molar-refractivity contribution is 7.99. The van der Waals surface area contributed by atoms with Crippen LogP contribution in [-0.4, -0.2) is 33.1 Å². The minimum atomic E-state index is -0.341. The summed E-state index contributed by atoms with van der Waals surface area (Å²) in [6, 6.07) is 4.80. The number of amides is 1. The maximum absolute atomic E-state index is 12.0. The van der Waals surface area contributed by atoms with Crippen LogP contribution in [0.1, 0.15) is 12.7 Å². The molecule has 0 radical (unpaired) electrons. The summed E-state index contributed by atoms with van der Waals surface area (Å²) in [5.41, 5.74) is 2.68. The first-order valence-electron chi connectivity index (χ1n) is 6.43. The smallest absolute Gasteiger partial charge is 0.276 e. The number of carbonyl (C=O) groups excluding carboxylic acids is 1. The minimum absolute atomic E-state index is 0.185. The van der Waals surface area contributed by atoms with Gasteiger partial charge >= 0.3 is 0 Å². The summed E-state index contributed by atoms with van der Waals surface area (Å²) in [7, 11) is 0. The fourth-order valence-corrected chi connectivity index (χ4v) is 2.71. The Morgan fingerprint density at radius 1 is 1.41 bits per heavy atom. The van der Waals surface area contributed by atoms with Gasteiger partial charge in [0.25, 0.3) is 5.91 Å². The lowest BCUT2D eigenvalue weighted by Gasteiger charge is -2.11. The molecule has 22 heavy (non-hydrogen) atoms. The van der Waals surface area contributed by atoms with Gasteiger partial charge in [-0.2, -0.15) is 0 Å². The SMILES string of the molecule is CCSc1nnc(C)n1NC(=O)COc1ccc(Cl)cc1Cl. The van der Waals surface area contributed by atoms with Crippen molar-refractivity contribution in [2.24, 2.45) is 0 Å². The molecule has 1 aromatic heterocycles. The Morgan fingerprint density at radius 3 is 2.86 bits per heavy atom. The van der Waals surface area contributed by atoms with Crippen LogP contribution in [-0.2, 0) is 4.79 Å². The molecule has 9 heteroatoms. The molecule has 1 N–H and O–H groups in total. The van der Waals surface area contributed by atoms with E-state index >= 15 is 0 Å². The lowest BCUT2D eigenvalue weighted by atomic mass is 10.3. The van der Waals surface area contributed by atoms with Gasteiger partial charge in [0, 0.05) is 5.02 Å². The summed E-state index contributed by atoms with van der Waals surface area (Å²) in [4.78, 5) is 12.0. The van der Waals surface area contributed by atoms with Crippen molar-refractivity contribution in [2.75, 3.05) is 17.8 Å². The van der Waals surface area contributed by atoms with Crippen LogP contribution in [0.3, 0.4) is 0 Å². The Balaban J connectivity index is 1.97. The van der Waals surface area contributed by atoms with Gasteiger partial charge in [0.1, 0.15) is 11.6 Å². The number of nitrogens with zero attached hydrogens (tertiary/aromatic N) is 3. The maximum atomic E-state index is 12.0. The summed E-state index contributed by atoms with van der Waals surface area (Å²) >= 11 is 13.3. The van der Waals surface area contributed by atoms with Crippen molar-refractivity contribution in [3.05, 3.63) is 34.1 Å². The summed E-state index contributed by atoms with van der Waals surface area (Å²) in [6.45, 7) is 3.56. The fourth-order valence-electron chi connectivity index (χ4n) is 1.59. The number of halogens is 2. The van der Waals surface area contributed by atoms with Crippen molar-refractivity contribution in [3.63, 3.8) is 0 Å². The third kappa shape index (κ3) is 4.28. The van der Waals surface area contributed by atoms with Crippen LogP contribution in [0.4, 0.5) is 0 Å². The van der Waals surface area contributed by atoms with Crippen molar-refractivity contribution < 1.29 is 9.53 Å². The van der Waals surface area contributed by atoms with Gasteiger partial charge in [-0.05, 0) is 30.9 Å². The Bertz CT molecular complexity index is 678. The van der Waals surface area contributed by atoms with Crippen LogP contribution in [0, 0.1) is 6.92 Å². The van der Waals surface area contributed by atoms with Crippen molar-refractivity contribution in [2.45, 2.75) is 19.0 Å². The number of benzene rings is 1. The highest BCUT2D eigenvalue weighted by atomic mass is 35.5. The van der Waals surface area contributed by atoms with Gasteiger partial charge in [0.15, 0.2) is 6.61 Å². The van der Waals surface area contributed by atoms with Crippen LogP contribution < -0.4 is 10.2 Å². The van der Waals surface area contributed by atoms with Crippen LogP contribution in [0.25, 0.3) is 0 Å². The largest absolute Gasteiger partial charge is 0.482 e. The Kier molecular flexibility index (Phi) is 5.93. The molecule has 0 saturated heterocycles. The Morgan fingerprint density at radius 2 is 2.18 bits per heavy atom. The number of carbonyl (C=O) groups is 1. The molecule has 2 aromatic rings. The average Bonchev–Trinajstić information content (AvgIpc) is 2.80. The zero-order valence-electron chi connectivity index (χ0n) is 12.0. The lowest BCUT2D eigenvalue weighted by Crippen LogP contribution is -2.29. The molecule has 1 heterocycles. The molecule has 0 bridgehead atoms. The van der Waals surface area contributed by atoms with Crippen molar-refractivity contribution in [3.8, 4) is 5.75 Å². The van der Waals surface area contributed by atoms with Crippen molar-refractivity contribution >= 4 is 40.9 Å². The summed E-state index contributed by atoms with van der Waals surface area (Å²) in [5.74, 6) is 1.47. The first-order valence-corrected chi connectivity index (χ1v) is 8.18. The standard InChI is InChI=1S/C13H14Cl2N4O2S/c1-3-22-13-17-16-8(2)19(13)18-12(20)7-21-11-5-4-9(14)6-10(11)15/h4-6H,3,7H2,1-2H3,(H,18,20). The van der Waals surface area contributed by atoms with Gasteiger partial charge in [0.2, 0.25) is 5.16 Å². The average molecular weight is 361 g/mol. The number of nitrogens with one attached hydrogen (secondary N) is 1. The van der Waals surface area contributed by atoms with E-state index in [4.69, 9.17) is 27.9 Å². The zero-order valence-corrected chi connectivity index (χ0v) is 14.3. The lowest BCUT2D eigenvalue weighted by molar-refractivity contribution is -0.119. The number of aromatic nitrogens is 3. The fraction of sp³-hybridized carbons (Fsp3) is 0.308. The van der Waals surface area contributed by atoms with E-state index < -0.39 is 0 Å². The first kappa shape index (κ1) is 16.9. The second-order valence-corrected chi connectivity index (χ2v) is 6.27. The van der Waals surface area contributed by atoms with Gasteiger partial charge in [-0.15, -0.1) is 10.2 Å². The van der Waals surface area contributed by atoms with Gasteiger partial charge in [-0.3, -0.25) is 10.2 Å². The van der Waals surface area contributed by atoms with E-state index in [0.717, 1.165) is 5.75 Å². The molecule has 0 aliphatic heterocycles. The molecule has 1 aromatic carbocycles. The molecule has 0 aliphatic carbocycles. The summed E-state index contributed by atoms with van der Waals surface area (Å²) in [6.07, 6.45) is 0. The Labute approximate surface area is 142 Å². The number of ether oxygens (including phenoxy) is 1. The third-order valence-electron chi connectivity index (χ3n) is 2.56. The van der Waals surface area contributed by atoms with Crippen molar-refractivity contribution in [1.82, 2.24) is 14.9 Å². The maximum Gasteiger partial charge on any atom is 0.276 e. The molecule has 0 saturated carbocycles. The van der Waals surface area contributed by atoms with E-state index in [9.17, 15) is 4.79 Å². The Hall–Kier alpha value is -1.44. The van der Waals surface area contributed by atoms with E-state index in [2.05, 4.69) is 15.6 Å². The first-order chi connectivity index (χ1) is 10.5. The number of rotatable bonds is 6. The molecule has 0 fully saturated rings. The predicted molar refractivity (Wildman–Crippen MR) is 87.5 cm³/mol. The number of hydrogen-bond acceptors (Lipinski definition) is 5. The molecule has 0 atom stereocenters. The highest BCUT2D eigenvalue weighted by Gasteiger charge is 2.12.